The first kappa shape index (κ1) is 9.58. The van der Waals surface area contributed by atoms with Gasteiger partial charge in [0.2, 0.25) is 0 Å². The maximum Gasteiger partial charge on any atom is 0.162 e. The first-order valence-corrected chi connectivity index (χ1v) is 4.97. The Morgan fingerprint density at radius 1 is 1.57 bits per heavy atom. The summed E-state index contributed by atoms with van der Waals surface area (Å²) in [5.74, 6) is 0.552. The molecule has 1 aliphatic rings. The fourth-order valence-corrected chi connectivity index (χ4v) is 1.90. The molecular weight excluding hydrogens is 183 g/mol. The summed E-state index contributed by atoms with van der Waals surface area (Å²) in [6.45, 7) is 1.81. The maximum absolute atomic E-state index is 14.0. The van der Waals surface area contributed by atoms with E-state index in [4.69, 9.17) is 0 Å². The summed E-state index contributed by atoms with van der Waals surface area (Å²) in [7, 11) is 1.73. The standard InChI is InChI=1S/C9H15FN4/c1-14-9(12-6-13-14)8(10)7-2-4-11-5-3-7/h6-8,11H,2-5H2,1H3. The normalized spacial score (nSPS) is 21.0. The smallest absolute Gasteiger partial charge is 0.162 e. The molecule has 0 bridgehead atoms. The van der Waals surface area contributed by atoms with Crippen LogP contribution in [0.25, 0.3) is 0 Å². The molecular formula is C9H15FN4. The van der Waals surface area contributed by atoms with Gasteiger partial charge in [-0.05, 0) is 31.8 Å². The summed E-state index contributed by atoms with van der Waals surface area (Å²) in [5, 5.41) is 7.10. The zero-order valence-corrected chi connectivity index (χ0v) is 8.28. The van der Waals surface area contributed by atoms with E-state index in [1.807, 2.05) is 0 Å². The SMILES string of the molecule is Cn1ncnc1C(F)C1CCNCC1. The Bertz CT molecular complexity index is 293. The van der Waals surface area contributed by atoms with Gasteiger partial charge in [-0.15, -0.1) is 0 Å². The lowest BCUT2D eigenvalue weighted by Crippen LogP contribution is -2.30. The number of hydrogen-bond donors (Lipinski definition) is 1. The lowest BCUT2D eigenvalue weighted by atomic mass is 9.93. The van der Waals surface area contributed by atoms with Crippen molar-refractivity contribution in [3.05, 3.63) is 12.2 Å². The molecule has 0 aromatic carbocycles. The minimum Gasteiger partial charge on any atom is -0.317 e. The molecule has 0 saturated carbocycles. The van der Waals surface area contributed by atoms with Crippen LogP contribution in [0.2, 0.25) is 0 Å². The van der Waals surface area contributed by atoms with E-state index in [9.17, 15) is 4.39 Å². The summed E-state index contributed by atoms with van der Waals surface area (Å²) in [6, 6.07) is 0. The molecule has 0 radical (unpaired) electrons. The highest BCUT2D eigenvalue weighted by molar-refractivity contribution is 4.94. The number of nitrogens with zero attached hydrogens (tertiary/aromatic N) is 3. The lowest BCUT2D eigenvalue weighted by Gasteiger charge is -2.24. The maximum atomic E-state index is 14.0. The highest BCUT2D eigenvalue weighted by Crippen LogP contribution is 2.30. The second kappa shape index (κ2) is 4.04. The van der Waals surface area contributed by atoms with Crippen LogP contribution in [0.15, 0.2) is 6.33 Å². The van der Waals surface area contributed by atoms with E-state index >= 15 is 0 Å². The van der Waals surface area contributed by atoms with Crippen LogP contribution in [0, 0.1) is 5.92 Å². The van der Waals surface area contributed by atoms with Gasteiger partial charge < -0.3 is 5.32 Å². The average molecular weight is 198 g/mol. The molecule has 1 aromatic rings. The molecule has 1 atom stereocenters. The second-order valence-electron chi connectivity index (χ2n) is 3.73. The molecule has 5 heteroatoms. The van der Waals surface area contributed by atoms with Gasteiger partial charge in [0.1, 0.15) is 6.33 Å². The second-order valence-corrected chi connectivity index (χ2v) is 3.73. The van der Waals surface area contributed by atoms with Crippen LogP contribution < -0.4 is 5.32 Å². The fourth-order valence-electron chi connectivity index (χ4n) is 1.90. The third kappa shape index (κ3) is 1.77. The van der Waals surface area contributed by atoms with E-state index in [0.717, 1.165) is 25.9 Å². The predicted molar refractivity (Wildman–Crippen MR) is 50.4 cm³/mol. The molecule has 2 heterocycles. The molecule has 1 unspecified atom stereocenters. The molecule has 1 fully saturated rings. The molecule has 0 amide bonds. The Kier molecular flexibility index (Phi) is 2.77. The summed E-state index contributed by atoms with van der Waals surface area (Å²) in [4.78, 5) is 3.95. The number of aryl methyl sites for hydroxylation is 1. The zero-order valence-electron chi connectivity index (χ0n) is 8.28. The number of halogens is 1. The Hall–Kier alpha value is -0.970. The van der Waals surface area contributed by atoms with Gasteiger partial charge in [0, 0.05) is 7.05 Å². The quantitative estimate of drug-likeness (QED) is 0.765. The van der Waals surface area contributed by atoms with E-state index in [1.165, 1.54) is 11.0 Å². The van der Waals surface area contributed by atoms with Gasteiger partial charge in [-0.3, -0.25) is 4.68 Å². The van der Waals surface area contributed by atoms with Crippen molar-refractivity contribution in [2.24, 2.45) is 13.0 Å². The molecule has 0 aliphatic carbocycles. The molecule has 1 N–H and O–H groups in total. The Balaban J connectivity index is 2.07. The minimum absolute atomic E-state index is 0.0964. The van der Waals surface area contributed by atoms with Crippen molar-refractivity contribution in [1.82, 2.24) is 20.1 Å². The molecule has 1 aliphatic heterocycles. The number of aromatic nitrogens is 3. The molecule has 1 aromatic heterocycles. The Morgan fingerprint density at radius 3 is 2.86 bits per heavy atom. The largest absolute Gasteiger partial charge is 0.317 e. The van der Waals surface area contributed by atoms with E-state index < -0.39 is 6.17 Å². The monoisotopic (exact) mass is 198 g/mol. The van der Waals surface area contributed by atoms with Crippen LogP contribution >= 0.6 is 0 Å². The number of hydrogen-bond acceptors (Lipinski definition) is 3. The third-order valence-corrected chi connectivity index (χ3v) is 2.79. The van der Waals surface area contributed by atoms with E-state index in [1.54, 1.807) is 7.05 Å². The number of nitrogens with one attached hydrogen (secondary N) is 1. The van der Waals surface area contributed by atoms with Gasteiger partial charge in [-0.1, -0.05) is 0 Å². The summed E-state index contributed by atoms with van der Waals surface area (Å²) < 4.78 is 15.5. The lowest BCUT2D eigenvalue weighted by molar-refractivity contribution is 0.176. The van der Waals surface area contributed by atoms with Gasteiger partial charge >= 0.3 is 0 Å². The molecule has 4 nitrogen and oxygen atoms in total. The van der Waals surface area contributed by atoms with E-state index in [2.05, 4.69) is 15.4 Å². The molecule has 1 saturated heterocycles. The molecule has 78 valence electrons. The van der Waals surface area contributed by atoms with Crippen LogP contribution in [-0.2, 0) is 7.05 Å². The van der Waals surface area contributed by atoms with Crippen molar-refractivity contribution < 1.29 is 4.39 Å². The first-order valence-electron chi connectivity index (χ1n) is 4.97. The van der Waals surface area contributed by atoms with Crippen molar-refractivity contribution in [3.63, 3.8) is 0 Å². The summed E-state index contributed by atoms with van der Waals surface area (Å²) in [5.41, 5.74) is 0. The van der Waals surface area contributed by atoms with Crippen LogP contribution in [0.4, 0.5) is 4.39 Å². The van der Waals surface area contributed by atoms with Crippen molar-refractivity contribution in [3.8, 4) is 0 Å². The molecule has 14 heavy (non-hydrogen) atoms. The van der Waals surface area contributed by atoms with Gasteiger partial charge in [-0.2, -0.15) is 5.10 Å². The van der Waals surface area contributed by atoms with Crippen LogP contribution in [0.3, 0.4) is 0 Å². The zero-order chi connectivity index (χ0) is 9.97. The highest BCUT2D eigenvalue weighted by Gasteiger charge is 2.27. The Labute approximate surface area is 82.5 Å². The average Bonchev–Trinajstić information content (AvgIpc) is 2.65. The number of piperidine rings is 1. The first-order chi connectivity index (χ1) is 6.79. The van der Waals surface area contributed by atoms with E-state index in [0.29, 0.717) is 5.82 Å². The van der Waals surface area contributed by atoms with Gasteiger partial charge in [0.05, 0.1) is 0 Å². The number of rotatable bonds is 2. The third-order valence-electron chi connectivity index (χ3n) is 2.79. The van der Waals surface area contributed by atoms with Crippen molar-refractivity contribution in [1.29, 1.82) is 0 Å². The fraction of sp³-hybridized carbons (Fsp3) is 0.778. The Morgan fingerprint density at radius 2 is 2.29 bits per heavy atom. The molecule has 2 rings (SSSR count). The topological polar surface area (TPSA) is 42.7 Å². The van der Waals surface area contributed by atoms with E-state index in [-0.39, 0.29) is 5.92 Å². The minimum atomic E-state index is -0.968. The van der Waals surface area contributed by atoms with Crippen LogP contribution in [0.5, 0.6) is 0 Å². The van der Waals surface area contributed by atoms with Crippen molar-refractivity contribution >= 4 is 0 Å². The predicted octanol–water partition coefficient (Wildman–Crippen LogP) is 0.825. The van der Waals surface area contributed by atoms with Crippen LogP contribution in [0.1, 0.15) is 24.8 Å². The summed E-state index contributed by atoms with van der Waals surface area (Å²) >= 11 is 0. The van der Waals surface area contributed by atoms with Crippen molar-refractivity contribution in [2.75, 3.05) is 13.1 Å². The summed E-state index contributed by atoms with van der Waals surface area (Å²) in [6.07, 6.45) is 2.20. The van der Waals surface area contributed by atoms with Crippen LogP contribution in [-0.4, -0.2) is 27.9 Å². The van der Waals surface area contributed by atoms with Gasteiger partial charge in [0.15, 0.2) is 12.0 Å². The van der Waals surface area contributed by atoms with Crippen molar-refractivity contribution in [2.45, 2.75) is 19.0 Å². The highest BCUT2D eigenvalue weighted by atomic mass is 19.1. The number of alkyl halides is 1. The van der Waals surface area contributed by atoms with Gasteiger partial charge in [-0.25, -0.2) is 9.37 Å². The van der Waals surface area contributed by atoms with Gasteiger partial charge in [0.25, 0.3) is 0 Å². The molecule has 0 spiro atoms.